The zero-order valence-electron chi connectivity index (χ0n) is 10.2. The van der Waals surface area contributed by atoms with Crippen LogP contribution in [0.2, 0.25) is 18.1 Å². The van der Waals surface area contributed by atoms with Gasteiger partial charge in [-0.3, -0.25) is 4.79 Å². The molecule has 15 heavy (non-hydrogen) atoms. The summed E-state index contributed by atoms with van der Waals surface area (Å²) in [6, 6.07) is 3.02. The number of rotatable bonds is 8. The third kappa shape index (κ3) is 5.32. The van der Waals surface area contributed by atoms with E-state index in [2.05, 4.69) is 20.8 Å². The first-order valence-corrected chi connectivity index (χ1v) is 8.49. The van der Waals surface area contributed by atoms with Crippen LogP contribution >= 0.6 is 0 Å². The molecule has 0 aromatic heterocycles. The quantitative estimate of drug-likeness (QED) is 0.517. The Labute approximate surface area is 94.0 Å². The predicted molar refractivity (Wildman–Crippen MR) is 64.2 cm³/mol. The zero-order chi connectivity index (χ0) is 11.7. The van der Waals surface area contributed by atoms with Crippen LogP contribution in [0.15, 0.2) is 0 Å². The van der Waals surface area contributed by atoms with E-state index in [4.69, 9.17) is 9.53 Å². The summed E-state index contributed by atoms with van der Waals surface area (Å²) >= 11 is 0. The van der Waals surface area contributed by atoms with Gasteiger partial charge in [0, 0.05) is 13.0 Å². The van der Waals surface area contributed by atoms with Crippen LogP contribution in [-0.4, -0.2) is 26.0 Å². The maximum absolute atomic E-state index is 11.5. The SMILES string of the molecule is CC[Si](CC)(CC)OC(=O)CCCCO. The maximum atomic E-state index is 11.5. The average molecular weight is 232 g/mol. The van der Waals surface area contributed by atoms with Gasteiger partial charge in [0.25, 0.3) is 14.3 Å². The molecular formula is C11H24O3Si. The molecule has 0 radical (unpaired) electrons. The Balaban J connectivity index is 4.00. The third-order valence-corrected chi connectivity index (χ3v) is 7.58. The highest BCUT2D eigenvalue weighted by Crippen LogP contribution is 2.22. The van der Waals surface area contributed by atoms with Crippen molar-refractivity contribution in [1.29, 1.82) is 0 Å². The Morgan fingerprint density at radius 2 is 1.67 bits per heavy atom. The van der Waals surface area contributed by atoms with Gasteiger partial charge in [-0.05, 0) is 31.0 Å². The topological polar surface area (TPSA) is 46.5 Å². The van der Waals surface area contributed by atoms with Crippen molar-refractivity contribution in [3.8, 4) is 0 Å². The Hall–Kier alpha value is -0.353. The summed E-state index contributed by atoms with van der Waals surface area (Å²) in [5.41, 5.74) is 0. The molecule has 4 heteroatoms. The molecule has 0 amide bonds. The lowest BCUT2D eigenvalue weighted by Gasteiger charge is -2.27. The molecule has 0 aliphatic rings. The molecule has 0 aliphatic heterocycles. The lowest BCUT2D eigenvalue weighted by molar-refractivity contribution is -0.135. The highest BCUT2D eigenvalue weighted by Gasteiger charge is 2.32. The van der Waals surface area contributed by atoms with Crippen molar-refractivity contribution >= 4 is 14.3 Å². The van der Waals surface area contributed by atoms with E-state index < -0.39 is 8.32 Å². The van der Waals surface area contributed by atoms with Crippen molar-refractivity contribution in [1.82, 2.24) is 0 Å². The molecule has 0 heterocycles. The summed E-state index contributed by atoms with van der Waals surface area (Å²) in [4.78, 5) is 11.5. The summed E-state index contributed by atoms with van der Waals surface area (Å²) in [7, 11) is -1.75. The van der Waals surface area contributed by atoms with Crippen LogP contribution in [-0.2, 0) is 9.22 Å². The molecular weight excluding hydrogens is 208 g/mol. The highest BCUT2D eigenvalue weighted by molar-refractivity contribution is 6.74. The molecule has 3 nitrogen and oxygen atoms in total. The molecule has 0 spiro atoms. The van der Waals surface area contributed by atoms with E-state index >= 15 is 0 Å². The fraction of sp³-hybridized carbons (Fsp3) is 0.909. The molecule has 0 aromatic rings. The monoisotopic (exact) mass is 232 g/mol. The number of hydrogen-bond acceptors (Lipinski definition) is 3. The standard InChI is InChI=1S/C11H24O3Si/c1-4-15(5-2,6-3)14-11(13)9-7-8-10-12/h12H,4-10H2,1-3H3. The highest BCUT2D eigenvalue weighted by atomic mass is 28.4. The van der Waals surface area contributed by atoms with E-state index in [0.29, 0.717) is 12.8 Å². The molecule has 0 atom stereocenters. The number of carbonyl (C=O) groups is 1. The summed E-state index contributed by atoms with van der Waals surface area (Å²) < 4.78 is 5.65. The Morgan fingerprint density at radius 1 is 1.13 bits per heavy atom. The van der Waals surface area contributed by atoms with Crippen LogP contribution in [0.3, 0.4) is 0 Å². The molecule has 0 rings (SSSR count). The van der Waals surface area contributed by atoms with Gasteiger partial charge < -0.3 is 9.53 Å². The van der Waals surface area contributed by atoms with Crippen molar-refractivity contribution in [2.75, 3.05) is 6.61 Å². The Bertz CT molecular complexity index is 170. The molecule has 0 aliphatic carbocycles. The van der Waals surface area contributed by atoms with Crippen molar-refractivity contribution < 1.29 is 14.3 Å². The lowest BCUT2D eigenvalue weighted by atomic mass is 10.2. The van der Waals surface area contributed by atoms with Crippen LogP contribution in [0, 0.1) is 0 Å². The van der Waals surface area contributed by atoms with Gasteiger partial charge in [-0.15, -0.1) is 0 Å². The molecule has 0 unspecified atom stereocenters. The second-order valence-electron chi connectivity index (χ2n) is 3.90. The van der Waals surface area contributed by atoms with E-state index in [1.54, 1.807) is 0 Å². The zero-order valence-corrected chi connectivity index (χ0v) is 11.2. The Morgan fingerprint density at radius 3 is 2.07 bits per heavy atom. The van der Waals surface area contributed by atoms with Crippen LogP contribution in [0.25, 0.3) is 0 Å². The molecule has 0 fully saturated rings. The van der Waals surface area contributed by atoms with Gasteiger partial charge in [-0.25, -0.2) is 0 Å². The van der Waals surface area contributed by atoms with Gasteiger partial charge in [-0.2, -0.15) is 0 Å². The van der Waals surface area contributed by atoms with Crippen molar-refractivity contribution in [2.24, 2.45) is 0 Å². The maximum Gasteiger partial charge on any atom is 0.292 e. The minimum Gasteiger partial charge on any atom is -0.519 e. The van der Waals surface area contributed by atoms with Gasteiger partial charge in [0.15, 0.2) is 0 Å². The first-order chi connectivity index (χ1) is 7.14. The smallest absolute Gasteiger partial charge is 0.292 e. The first-order valence-electron chi connectivity index (χ1n) is 5.96. The molecule has 1 N–H and O–H groups in total. The normalized spacial score (nSPS) is 11.5. The van der Waals surface area contributed by atoms with Crippen LogP contribution in [0.1, 0.15) is 40.0 Å². The largest absolute Gasteiger partial charge is 0.519 e. The summed E-state index contributed by atoms with van der Waals surface area (Å²) in [6.45, 7) is 6.49. The fourth-order valence-electron chi connectivity index (χ4n) is 1.64. The van der Waals surface area contributed by atoms with Crippen LogP contribution < -0.4 is 0 Å². The fourth-order valence-corrected chi connectivity index (χ4v) is 4.16. The molecule has 0 bridgehead atoms. The van der Waals surface area contributed by atoms with Gasteiger partial charge in [0.2, 0.25) is 0 Å². The third-order valence-electron chi connectivity index (χ3n) is 3.05. The van der Waals surface area contributed by atoms with Gasteiger partial charge in [-0.1, -0.05) is 20.8 Å². The van der Waals surface area contributed by atoms with Gasteiger partial charge in [0.1, 0.15) is 0 Å². The number of hydrogen-bond donors (Lipinski definition) is 1. The number of aliphatic hydroxyl groups is 1. The molecule has 90 valence electrons. The number of unbranched alkanes of at least 4 members (excludes halogenated alkanes) is 1. The number of aliphatic hydroxyl groups excluding tert-OH is 1. The Kier molecular flexibility index (Phi) is 7.69. The minimum absolute atomic E-state index is 0.0688. The summed E-state index contributed by atoms with van der Waals surface area (Å²) in [6.07, 6.45) is 1.88. The molecule has 0 saturated carbocycles. The van der Waals surface area contributed by atoms with Crippen molar-refractivity contribution in [2.45, 2.75) is 58.2 Å². The van der Waals surface area contributed by atoms with Gasteiger partial charge in [0.05, 0.1) is 0 Å². The van der Waals surface area contributed by atoms with E-state index in [1.165, 1.54) is 0 Å². The van der Waals surface area contributed by atoms with E-state index in [1.807, 2.05) is 0 Å². The second kappa shape index (κ2) is 7.88. The average Bonchev–Trinajstić information content (AvgIpc) is 2.26. The predicted octanol–water partition coefficient (Wildman–Crippen LogP) is 2.70. The van der Waals surface area contributed by atoms with E-state index in [-0.39, 0.29) is 12.6 Å². The summed E-state index contributed by atoms with van der Waals surface area (Å²) in [5, 5.41) is 8.61. The van der Waals surface area contributed by atoms with E-state index in [0.717, 1.165) is 24.6 Å². The van der Waals surface area contributed by atoms with Crippen molar-refractivity contribution in [3.63, 3.8) is 0 Å². The second-order valence-corrected chi connectivity index (χ2v) is 8.59. The first kappa shape index (κ1) is 14.6. The lowest BCUT2D eigenvalue weighted by Crippen LogP contribution is -2.38. The minimum atomic E-state index is -1.75. The van der Waals surface area contributed by atoms with Crippen molar-refractivity contribution in [3.05, 3.63) is 0 Å². The summed E-state index contributed by atoms with van der Waals surface area (Å²) in [5.74, 6) is -0.0688. The molecule has 0 aromatic carbocycles. The molecule has 0 saturated heterocycles. The van der Waals surface area contributed by atoms with E-state index in [9.17, 15) is 4.79 Å². The van der Waals surface area contributed by atoms with Crippen LogP contribution in [0.5, 0.6) is 0 Å². The van der Waals surface area contributed by atoms with Crippen LogP contribution in [0.4, 0.5) is 0 Å². The van der Waals surface area contributed by atoms with Gasteiger partial charge >= 0.3 is 0 Å². The number of carbonyl (C=O) groups excluding carboxylic acids is 1.